The van der Waals surface area contributed by atoms with Gasteiger partial charge in [-0.25, -0.2) is 0 Å². The maximum atomic E-state index is 5.55. The summed E-state index contributed by atoms with van der Waals surface area (Å²) in [6, 6.07) is 0.280. The molecule has 7 heteroatoms. The second-order valence-corrected chi connectivity index (χ2v) is 7.87. The van der Waals surface area contributed by atoms with Crippen LogP contribution in [0, 0.1) is 0 Å². The monoisotopic (exact) mass is 330 g/mol. The van der Waals surface area contributed by atoms with Crippen LogP contribution >= 0.6 is 23.5 Å². The van der Waals surface area contributed by atoms with Gasteiger partial charge in [0.1, 0.15) is 0 Å². The van der Waals surface area contributed by atoms with Crippen molar-refractivity contribution in [3.05, 3.63) is 11.9 Å². The lowest BCUT2D eigenvalue weighted by molar-refractivity contribution is 0.356. The van der Waals surface area contributed by atoms with Gasteiger partial charge in [0.25, 0.3) is 0 Å². The van der Waals surface area contributed by atoms with E-state index in [1.807, 2.05) is 25.0 Å². The van der Waals surface area contributed by atoms with E-state index in [-0.39, 0.29) is 6.04 Å². The maximum Gasteiger partial charge on any atom is 0.161 e. The van der Waals surface area contributed by atoms with Crippen molar-refractivity contribution in [1.82, 2.24) is 20.0 Å². The van der Waals surface area contributed by atoms with Crippen LogP contribution < -0.4 is 10.1 Å². The van der Waals surface area contributed by atoms with Crippen LogP contribution in [0.1, 0.15) is 11.7 Å². The molecule has 0 radical (unpaired) electrons. The SMILES string of the molecule is CNC(c1c(OC)cnn1CCN(C)C)C1CSCCS1. The van der Waals surface area contributed by atoms with Crippen LogP contribution in [0.2, 0.25) is 0 Å². The third-order valence-corrected chi connectivity index (χ3v) is 6.51. The normalized spacial score (nSPS) is 20.7. The van der Waals surface area contributed by atoms with Gasteiger partial charge in [-0.15, -0.1) is 0 Å². The number of likely N-dealkylation sites (N-methyl/N-ethyl adjacent to an activating group) is 1. The number of hydrogen-bond donors (Lipinski definition) is 1. The Morgan fingerprint density at radius 1 is 1.52 bits per heavy atom. The Balaban J connectivity index is 2.22. The molecule has 1 aliphatic rings. The van der Waals surface area contributed by atoms with Crippen LogP contribution in [0.3, 0.4) is 0 Å². The summed E-state index contributed by atoms with van der Waals surface area (Å²) in [5, 5.41) is 8.59. The van der Waals surface area contributed by atoms with Crippen LogP contribution in [0.25, 0.3) is 0 Å². The van der Waals surface area contributed by atoms with Crippen molar-refractivity contribution in [2.75, 3.05) is 52.1 Å². The summed E-state index contributed by atoms with van der Waals surface area (Å²) < 4.78 is 7.65. The highest BCUT2D eigenvalue weighted by Crippen LogP contribution is 2.36. The largest absolute Gasteiger partial charge is 0.493 e. The Bertz CT molecular complexity index is 433. The fraction of sp³-hybridized carbons (Fsp3) is 0.786. The number of nitrogens with zero attached hydrogens (tertiary/aromatic N) is 3. The van der Waals surface area contributed by atoms with Gasteiger partial charge >= 0.3 is 0 Å². The molecule has 0 aromatic carbocycles. The number of nitrogens with one attached hydrogen (secondary N) is 1. The van der Waals surface area contributed by atoms with E-state index in [9.17, 15) is 0 Å². The van der Waals surface area contributed by atoms with Crippen LogP contribution in [-0.2, 0) is 6.54 Å². The highest BCUT2D eigenvalue weighted by molar-refractivity contribution is 8.06. The first-order chi connectivity index (χ1) is 10.2. The summed E-state index contributed by atoms with van der Waals surface area (Å²) in [7, 11) is 7.94. The van der Waals surface area contributed by atoms with E-state index in [0.717, 1.165) is 18.8 Å². The van der Waals surface area contributed by atoms with Crippen molar-refractivity contribution >= 4 is 23.5 Å². The van der Waals surface area contributed by atoms with E-state index in [2.05, 4.69) is 45.9 Å². The first kappa shape index (κ1) is 17.0. The van der Waals surface area contributed by atoms with Gasteiger partial charge in [0.15, 0.2) is 5.75 Å². The van der Waals surface area contributed by atoms with E-state index in [0.29, 0.717) is 5.25 Å². The summed E-state index contributed by atoms with van der Waals surface area (Å²) in [6.07, 6.45) is 1.84. The molecule has 1 saturated heterocycles. The molecule has 2 unspecified atom stereocenters. The lowest BCUT2D eigenvalue weighted by atomic mass is 10.1. The smallest absolute Gasteiger partial charge is 0.161 e. The molecule has 0 aliphatic carbocycles. The molecule has 1 aromatic heterocycles. The molecule has 0 amide bonds. The summed E-state index contributed by atoms with van der Waals surface area (Å²) in [5.74, 6) is 4.55. The van der Waals surface area contributed by atoms with Crippen LogP contribution in [0.4, 0.5) is 0 Å². The molecular weight excluding hydrogens is 304 g/mol. The molecule has 1 fully saturated rings. The molecule has 0 saturated carbocycles. The molecule has 0 bridgehead atoms. The summed E-state index contributed by atoms with van der Waals surface area (Å²) in [5.41, 5.74) is 1.18. The molecule has 1 aliphatic heterocycles. The molecule has 2 atom stereocenters. The van der Waals surface area contributed by atoms with Gasteiger partial charge in [0, 0.05) is 29.1 Å². The minimum absolute atomic E-state index is 0.280. The topological polar surface area (TPSA) is 42.3 Å². The molecule has 5 nitrogen and oxygen atoms in total. The standard InChI is InChI=1S/C14H26N4OS2/c1-15-13(12-10-20-7-8-21-12)14-11(19-4)9-16-18(14)6-5-17(2)3/h9,12-13,15H,5-8,10H2,1-4H3. The minimum atomic E-state index is 0.280. The van der Waals surface area contributed by atoms with Gasteiger partial charge in [-0.05, 0) is 21.1 Å². The van der Waals surface area contributed by atoms with Gasteiger partial charge in [-0.3, -0.25) is 4.68 Å². The van der Waals surface area contributed by atoms with E-state index in [1.165, 1.54) is 23.0 Å². The zero-order valence-corrected chi connectivity index (χ0v) is 15.0. The Labute approximate surface area is 136 Å². The van der Waals surface area contributed by atoms with Crippen molar-refractivity contribution < 1.29 is 4.74 Å². The van der Waals surface area contributed by atoms with Gasteiger partial charge in [-0.2, -0.15) is 28.6 Å². The van der Waals surface area contributed by atoms with Gasteiger partial charge < -0.3 is 15.0 Å². The first-order valence-electron chi connectivity index (χ1n) is 7.28. The van der Waals surface area contributed by atoms with Crippen LogP contribution in [0.5, 0.6) is 5.75 Å². The van der Waals surface area contributed by atoms with Gasteiger partial charge in [-0.1, -0.05) is 0 Å². The lowest BCUT2D eigenvalue weighted by Crippen LogP contribution is -2.34. The van der Waals surface area contributed by atoms with Crippen LogP contribution in [-0.4, -0.2) is 72.0 Å². The highest BCUT2D eigenvalue weighted by Gasteiger charge is 2.30. The number of thioether (sulfide) groups is 2. The predicted molar refractivity (Wildman–Crippen MR) is 92.7 cm³/mol. The van der Waals surface area contributed by atoms with Gasteiger partial charge in [0.05, 0.1) is 31.6 Å². The number of ether oxygens (including phenoxy) is 1. The molecule has 1 N–H and O–H groups in total. The Morgan fingerprint density at radius 3 is 2.90 bits per heavy atom. The molecule has 2 heterocycles. The maximum absolute atomic E-state index is 5.55. The van der Waals surface area contributed by atoms with Crippen molar-refractivity contribution in [3.63, 3.8) is 0 Å². The molecule has 120 valence electrons. The number of aromatic nitrogens is 2. The van der Waals surface area contributed by atoms with Crippen molar-refractivity contribution in [2.24, 2.45) is 0 Å². The second kappa shape index (κ2) is 8.31. The van der Waals surface area contributed by atoms with E-state index >= 15 is 0 Å². The molecule has 0 spiro atoms. The summed E-state index contributed by atoms with van der Waals surface area (Å²) in [6.45, 7) is 1.86. The average Bonchev–Trinajstić information content (AvgIpc) is 2.90. The third-order valence-electron chi connectivity index (χ3n) is 3.64. The Hall–Kier alpha value is -0.370. The minimum Gasteiger partial charge on any atom is -0.493 e. The van der Waals surface area contributed by atoms with Crippen molar-refractivity contribution in [3.8, 4) is 5.75 Å². The fourth-order valence-corrected chi connectivity index (χ4v) is 5.40. The van der Waals surface area contributed by atoms with E-state index < -0.39 is 0 Å². The zero-order valence-electron chi connectivity index (χ0n) is 13.3. The first-order valence-corrected chi connectivity index (χ1v) is 9.48. The second-order valence-electron chi connectivity index (χ2n) is 5.38. The van der Waals surface area contributed by atoms with Gasteiger partial charge in [0.2, 0.25) is 0 Å². The lowest BCUT2D eigenvalue weighted by Gasteiger charge is -2.30. The van der Waals surface area contributed by atoms with Crippen molar-refractivity contribution in [2.45, 2.75) is 17.8 Å². The quantitative estimate of drug-likeness (QED) is 0.818. The number of rotatable bonds is 7. The highest BCUT2D eigenvalue weighted by atomic mass is 32.2. The average molecular weight is 331 g/mol. The summed E-state index contributed by atoms with van der Waals surface area (Å²) >= 11 is 4.10. The van der Waals surface area contributed by atoms with E-state index in [4.69, 9.17) is 4.74 Å². The van der Waals surface area contributed by atoms with Crippen LogP contribution in [0.15, 0.2) is 6.20 Å². The third kappa shape index (κ3) is 4.31. The molecular formula is C14H26N4OS2. The molecule has 1 aromatic rings. The summed E-state index contributed by atoms with van der Waals surface area (Å²) in [4.78, 5) is 2.18. The van der Waals surface area contributed by atoms with Crippen molar-refractivity contribution in [1.29, 1.82) is 0 Å². The number of hydrogen-bond acceptors (Lipinski definition) is 6. The zero-order chi connectivity index (χ0) is 15.2. The number of methoxy groups -OCH3 is 1. The molecule has 2 rings (SSSR count). The van der Waals surface area contributed by atoms with E-state index in [1.54, 1.807) is 7.11 Å². The Morgan fingerprint density at radius 2 is 2.33 bits per heavy atom. The predicted octanol–water partition coefficient (Wildman–Crippen LogP) is 1.56. The Kier molecular flexibility index (Phi) is 6.73. The molecule has 21 heavy (non-hydrogen) atoms. The fourth-order valence-electron chi connectivity index (χ4n) is 2.52.